The van der Waals surface area contributed by atoms with Crippen molar-refractivity contribution in [3.05, 3.63) is 47.6 Å². The molecule has 2 aliphatic heterocycles. The van der Waals surface area contributed by atoms with Crippen molar-refractivity contribution in [3.63, 3.8) is 0 Å². The summed E-state index contributed by atoms with van der Waals surface area (Å²) >= 11 is 0. The summed E-state index contributed by atoms with van der Waals surface area (Å²) in [6.45, 7) is 54.1. The molecule has 2 aromatic heterocycles. The van der Waals surface area contributed by atoms with Gasteiger partial charge >= 0.3 is 11.9 Å². The van der Waals surface area contributed by atoms with Gasteiger partial charge in [-0.2, -0.15) is 10.2 Å². The summed E-state index contributed by atoms with van der Waals surface area (Å²) in [6, 6.07) is -0.255. The second-order valence-electron chi connectivity index (χ2n) is 40.6. The zero-order chi connectivity index (χ0) is 78.7. The fraction of sp³-hybridized carbons (Fsp3) is 0.860. The average Bonchev–Trinajstić information content (AvgIpc) is 0.777. The predicted octanol–water partition coefficient (Wildman–Crippen LogP) is 15.0. The molecule has 8 aliphatic carbocycles. The van der Waals surface area contributed by atoms with Crippen molar-refractivity contribution in [3.8, 4) is 0 Å². The Kier molecular flexibility index (Phi) is 24.2. The van der Waals surface area contributed by atoms with Crippen LogP contribution in [0, 0.1) is 124 Å². The molecule has 6 saturated carbocycles. The van der Waals surface area contributed by atoms with E-state index >= 15 is 0 Å². The van der Waals surface area contributed by atoms with Crippen molar-refractivity contribution in [2.24, 2.45) is 124 Å². The Labute approximate surface area is 643 Å². The molecule has 2 saturated heterocycles. The summed E-state index contributed by atoms with van der Waals surface area (Å²) in [4.78, 5) is 58.9. The molecule has 2 aromatic rings. The van der Waals surface area contributed by atoms with Crippen LogP contribution in [-0.4, -0.2) is 168 Å². The first-order valence-electron chi connectivity index (χ1n) is 40.5. The molecule has 21 heteroatoms. The number of methoxy groups -OCH3 is 1. The standard InChI is InChI=1S/C42H69N5O5.C39H67NO5.C4H6N4O.CH4/c1-25(2)26(3)37(7)18-19-39(9)27-14-15-30-38(8)21-51-23-42(30,28(27)16-17-40(39,10)31(37)35(49)50)20-29(47-33(34(48)43-12)45-24-46-47)32(38)52-22-41(11,44-13)36(4,5)6;1-24(2)25(3)34(7)18-19-36(9)26-14-15-29-35(8)21-44-23-39(29,27(26)16-17-37(36,10)30(34)32(41)42)20-28(43-13)31(35)45-22-38(11,40-12)33(4,5)6;1-5-4(9)3-6-2-7-8-3;/h16,24-27,29-32,44H,14-15,17-23H2,1-13H3,(H,43,48)(H,49,50);16,24-26,28-31,40H,14-15,17-23H2,1-13H3,(H,41,42);2H,1H3,(H,5,9)(H,6,7,8);1H4/t26-,27+,29-,30+,31-,32+,37-,38-,39-,40+,41+,42+;25-,26+,28-,29+,30-,31+,34-,35-,36-,37+,38+,39+;;/m11../s1. The van der Waals surface area contributed by atoms with Crippen LogP contribution in [0.25, 0.3) is 0 Å². The Hall–Kier alpha value is -4.64. The van der Waals surface area contributed by atoms with Crippen LogP contribution in [0.2, 0.25) is 0 Å². The number of fused-ring (bicyclic) bond motifs is 6. The van der Waals surface area contributed by atoms with Gasteiger partial charge in [-0.1, -0.05) is 169 Å². The molecule has 0 aromatic carbocycles. The van der Waals surface area contributed by atoms with E-state index in [1.165, 1.54) is 25.3 Å². The van der Waals surface area contributed by atoms with E-state index in [0.717, 1.165) is 83.7 Å². The number of hydrogen-bond acceptors (Lipinski definition) is 15. The van der Waals surface area contributed by atoms with E-state index in [1.54, 1.807) is 12.6 Å². The lowest BCUT2D eigenvalue weighted by Gasteiger charge is -2.71. The van der Waals surface area contributed by atoms with Gasteiger partial charge in [0.15, 0.2) is 0 Å². The number of aromatic amines is 1. The number of nitrogens with one attached hydrogen (secondary N) is 5. The fourth-order valence-electron chi connectivity index (χ4n) is 25.2. The van der Waals surface area contributed by atoms with Gasteiger partial charge in [-0.3, -0.25) is 24.3 Å². The second kappa shape index (κ2) is 30.0. The molecule has 0 unspecified atom stereocenters. The highest BCUT2D eigenvalue weighted by Crippen LogP contribution is 2.78. The van der Waals surface area contributed by atoms with Gasteiger partial charge in [-0.25, -0.2) is 14.6 Å². The molecule has 2 amide bonds. The summed E-state index contributed by atoms with van der Waals surface area (Å²) in [5.41, 5.74) is 0.0539. The predicted molar refractivity (Wildman–Crippen MR) is 420 cm³/mol. The minimum Gasteiger partial charge on any atom is -0.481 e. The van der Waals surface area contributed by atoms with Gasteiger partial charge in [0.05, 0.1) is 75.8 Å². The highest BCUT2D eigenvalue weighted by molar-refractivity contribution is 5.90. The van der Waals surface area contributed by atoms with Crippen molar-refractivity contribution in [1.29, 1.82) is 0 Å². The normalized spacial score (nSPS) is 40.8. The summed E-state index contributed by atoms with van der Waals surface area (Å²) in [7, 11) is 9.07. The van der Waals surface area contributed by atoms with E-state index in [9.17, 15) is 29.4 Å². The molecule has 10 aliphatic rings. The second-order valence-corrected chi connectivity index (χ2v) is 40.6. The van der Waals surface area contributed by atoms with Crippen LogP contribution in [0.1, 0.15) is 264 Å². The number of nitrogens with zero attached hydrogens (tertiary/aromatic N) is 5. The van der Waals surface area contributed by atoms with Gasteiger partial charge in [0, 0.05) is 53.9 Å². The molecule has 0 radical (unpaired) electrons. The van der Waals surface area contributed by atoms with Crippen LogP contribution >= 0.6 is 0 Å². The molecule has 7 N–H and O–H groups in total. The topological polar surface area (TPSA) is 275 Å². The number of carboxylic acids is 2. The maximum atomic E-state index is 13.5. The van der Waals surface area contributed by atoms with E-state index in [4.69, 9.17) is 28.8 Å². The number of amides is 2. The number of carboxylic acid groups (broad SMARTS) is 2. The zero-order valence-corrected chi connectivity index (χ0v) is 70.4. The number of likely N-dealkylation sites (N-methyl/N-ethyl adjacent to an activating group) is 2. The minimum atomic E-state index is -0.643. The Morgan fingerprint density at radius 3 is 1.40 bits per heavy atom. The van der Waals surface area contributed by atoms with Crippen LogP contribution in [0.5, 0.6) is 0 Å². The molecule has 12 rings (SSSR count). The molecule has 606 valence electrons. The first kappa shape index (κ1) is 86.3. The highest BCUT2D eigenvalue weighted by atomic mass is 16.5. The third-order valence-corrected chi connectivity index (χ3v) is 34.2. The molecule has 21 nitrogen and oxygen atoms in total. The Balaban J connectivity index is 0.000000221. The van der Waals surface area contributed by atoms with E-state index < -0.39 is 23.3 Å². The Morgan fingerprint density at radius 2 is 1.02 bits per heavy atom. The van der Waals surface area contributed by atoms with Crippen molar-refractivity contribution < 1.29 is 53.1 Å². The minimum absolute atomic E-state index is 0. The van der Waals surface area contributed by atoms with Crippen LogP contribution in [0.15, 0.2) is 36.0 Å². The quantitative estimate of drug-likeness (QED) is 0.0683. The lowest BCUT2D eigenvalue weighted by molar-refractivity contribution is -0.270. The van der Waals surface area contributed by atoms with Gasteiger partial charge in [-0.15, -0.1) is 0 Å². The Morgan fingerprint density at radius 1 is 0.589 bits per heavy atom. The van der Waals surface area contributed by atoms with E-state index in [1.807, 2.05) is 25.9 Å². The van der Waals surface area contributed by atoms with Crippen molar-refractivity contribution in [2.45, 2.75) is 272 Å². The molecule has 4 heterocycles. The lowest BCUT2D eigenvalue weighted by atomic mass is 9.34. The van der Waals surface area contributed by atoms with Crippen LogP contribution in [-0.2, 0) is 33.3 Å². The first-order chi connectivity index (χ1) is 49.2. The van der Waals surface area contributed by atoms with E-state index in [0.29, 0.717) is 80.3 Å². The third kappa shape index (κ3) is 13.3. The maximum Gasteiger partial charge on any atom is 0.307 e. The highest BCUT2D eigenvalue weighted by Gasteiger charge is 2.75. The van der Waals surface area contributed by atoms with Crippen LogP contribution in [0.4, 0.5) is 0 Å². The van der Waals surface area contributed by atoms with Crippen molar-refractivity contribution in [2.75, 3.05) is 74.9 Å². The molecular formula is C86H146N10O11. The third-order valence-electron chi connectivity index (χ3n) is 34.2. The number of aromatic nitrogens is 6. The van der Waals surface area contributed by atoms with Crippen LogP contribution < -0.4 is 21.3 Å². The molecule has 0 spiro atoms. The molecule has 24 atom stereocenters. The Bertz CT molecular complexity index is 3580. The summed E-state index contributed by atoms with van der Waals surface area (Å²) in [5.74, 6) is 0.796. The fourth-order valence-corrected chi connectivity index (χ4v) is 25.2. The number of carbonyl (C=O) groups is 4. The van der Waals surface area contributed by atoms with Gasteiger partial charge in [0.1, 0.15) is 12.7 Å². The van der Waals surface area contributed by atoms with Gasteiger partial charge in [0.25, 0.3) is 11.8 Å². The van der Waals surface area contributed by atoms with E-state index in [2.05, 4.69) is 206 Å². The number of allylic oxidation sites excluding steroid dienone is 2. The summed E-state index contributed by atoms with van der Waals surface area (Å²) in [6.07, 6.45) is 18.9. The molecule has 4 bridgehead atoms. The summed E-state index contributed by atoms with van der Waals surface area (Å²) in [5, 5.41) is 45.1. The van der Waals surface area contributed by atoms with Crippen LogP contribution in [0.3, 0.4) is 0 Å². The maximum absolute atomic E-state index is 13.5. The SMILES string of the molecule is C.CNC(=O)c1ncn[nH]1.CNC(=O)c1ncnn1[C@@H]1C[C@@]23COC[C@](C)([C@@H]2CC[C@H]2C3=CC[C@@]3(C)[C@H](C(=O)O)[C@@](C)([C@H](C)C(C)C)CC[C@]23C)[C@H]1OC[C@](C)(NC)C(C)(C)C.CN[C@@](C)(CO[C@H]1[C@H](OC)C[C@@]23COC[C@]1(C)[C@@H]2CC[C@H]1C3=CC[C@@]2(C)[C@H](C(=O)O)[C@@](C)([C@H](C)C(C)C)CC[C@]12C)C(C)(C)C. The molecule has 107 heavy (non-hydrogen) atoms. The molecule has 8 fully saturated rings. The first-order valence-corrected chi connectivity index (χ1v) is 40.5. The number of H-pyrrole nitrogens is 1. The average molecular weight is 1500 g/mol. The number of rotatable bonds is 18. The molecular weight excluding hydrogens is 1350 g/mol. The zero-order valence-electron chi connectivity index (χ0n) is 70.4. The van der Waals surface area contributed by atoms with Crippen molar-refractivity contribution >= 4 is 23.8 Å². The smallest absolute Gasteiger partial charge is 0.307 e. The number of carbonyl (C=O) groups excluding carboxylic acids is 2. The van der Waals surface area contributed by atoms with Gasteiger partial charge < -0.3 is 55.2 Å². The van der Waals surface area contributed by atoms with Gasteiger partial charge in [0.2, 0.25) is 11.6 Å². The largest absolute Gasteiger partial charge is 0.481 e. The lowest BCUT2D eigenvalue weighted by Crippen LogP contribution is -2.70. The number of ether oxygens (including phenoxy) is 5. The monoisotopic (exact) mass is 1500 g/mol. The summed E-state index contributed by atoms with van der Waals surface area (Å²) < 4.78 is 35.9. The van der Waals surface area contributed by atoms with Crippen molar-refractivity contribution in [1.82, 2.24) is 51.2 Å². The van der Waals surface area contributed by atoms with E-state index in [-0.39, 0.29) is 132 Å². The van der Waals surface area contributed by atoms with Gasteiger partial charge in [-0.05, 0) is 196 Å². The number of hydrogen-bond donors (Lipinski definition) is 7. The number of aliphatic carboxylic acids is 2.